The van der Waals surface area contributed by atoms with Gasteiger partial charge in [-0.15, -0.1) is 0 Å². The highest BCUT2D eigenvalue weighted by atomic mass is 16.7. The molecule has 0 aromatic heterocycles. The highest BCUT2D eigenvalue weighted by Crippen LogP contribution is 2.74. The lowest BCUT2D eigenvalue weighted by Gasteiger charge is -2.70. The standard InChI is InChI=1S/C28H44O4/c1-17(29)32-22-15-21-26(4)13-8-12-25(2,3)19(26)11-14-27(21,5)20-10-9-18-16-31-24(30-7)23(18)28(20,22)6/h9,19-24H,8,10-16H2,1-7H3. The summed E-state index contributed by atoms with van der Waals surface area (Å²) in [6.07, 6.45) is 10.7. The zero-order valence-corrected chi connectivity index (χ0v) is 21.3. The molecule has 9 atom stereocenters. The third kappa shape index (κ3) is 2.90. The number of esters is 1. The van der Waals surface area contributed by atoms with Crippen LogP contribution in [0.2, 0.25) is 0 Å². The Balaban J connectivity index is 1.62. The van der Waals surface area contributed by atoms with E-state index in [0.717, 1.165) is 18.8 Å². The molecule has 180 valence electrons. The van der Waals surface area contributed by atoms with Crippen molar-refractivity contribution in [3.8, 4) is 0 Å². The fourth-order valence-corrected chi connectivity index (χ4v) is 10.3. The van der Waals surface area contributed by atoms with Crippen LogP contribution in [0, 0.1) is 45.3 Å². The summed E-state index contributed by atoms with van der Waals surface area (Å²) in [6.45, 7) is 14.8. The van der Waals surface area contributed by atoms with Gasteiger partial charge in [0.1, 0.15) is 6.10 Å². The summed E-state index contributed by atoms with van der Waals surface area (Å²) in [4.78, 5) is 12.4. The smallest absolute Gasteiger partial charge is 0.302 e. The molecule has 0 bridgehead atoms. The minimum atomic E-state index is -0.243. The molecule has 0 aromatic rings. The Morgan fingerprint density at radius 3 is 2.44 bits per heavy atom. The Labute approximate surface area is 194 Å². The van der Waals surface area contributed by atoms with Crippen LogP contribution in [0.5, 0.6) is 0 Å². The van der Waals surface area contributed by atoms with Crippen molar-refractivity contribution in [1.29, 1.82) is 0 Å². The third-order valence-corrected chi connectivity index (χ3v) is 11.4. The Kier molecular flexibility index (Phi) is 5.23. The molecular formula is C28H44O4. The van der Waals surface area contributed by atoms with Gasteiger partial charge >= 0.3 is 5.97 Å². The molecule has 0 aromatic carbocycles. The molecule has 1 saturated heterocycles. The van der Waals surface area contributed by atoms with Crippen molar-refractivity contribution < 1.29 is 19.0 Å². The second kappa shape index (κ2) is 7.31. The van der Waals surface area contributed by atoms with Crippen molar-refractivity contribution in [2.75, 3.05) is 13.7 Å². The van der Waals surface area contributed by atoms with E-state index in [-0.39, 0.29) is 35.1 Å². The number of hydrogen-bond donors (Lipinski definition) is 0. The average Bonchev–Trinajstić information content (AvgIpc) is 3.13. The van der Waals surface area contributed by atoms with Gasteiger partial charge in [-0.2, -0.15) is 0 Å². The van der Waals surface area contributed by atoms with Crippen LogP contribution in [-0.4, -0.2) is 32.1 Å². The van der Waals surface area contributed by atoms with Crippen molar-refractivity contribution in [2.45, 2.75) is 98.9 Å². The Morgan fingerprint density at radius 2 is 1.75 bits per heavy atom. The van der Waals surface area contributed by atoms with E-state index in [0.29, 0.717) is 29.3 Å². The van der Waals surface area contributed by atoms with E-state index in [2.05, 4.69) is 40.7 Å². The first-order chi connectivity index (χ1) is 15.0. The van der Waals surface area contributed by atoms with E-state index in [9.17, 15) is 4.79 Å². The molecule has 0 spiro atoms. The van der Waals surface area contributed by atoms with E-state index >= 15 is 0 Å². The normalized spacial score (nSPS) is 51.5. The van der Waals surface area contributed by atoms with Gasteiger partial charge in [0.05, 0.1) is 6.61 Å². The predicted molar refractivity (Wildman–Crippen MR) is 125 cm³/mol. The molecule has 1 heterocycles. The molecule has 4 aliphatic carbocycles. The van der Waals surface area contributed by atoms with E-state index in [4.69, 9.17) is 14.2 Å². The molecule has 32 heavy (non-hydrogen) atoms. The zero-order valence-electron chi connectivity index (χ0n) is 21.3. The second-order valence-electron chi connectivity index (χ2n) is 13.2. The number of fused-ring (bicyclic) bond motifs is 7. The summed E-state index contributed by atoms with van der Waals surface area (Å²) >= 11 is 0. The fourth-order valence-electron chi connectivity index (χ4n) is 10.3. The Hall–Kier alpha value is -0.870. The molecule has 1 aliphatic heterocycles. The summed E-state index contributed by atoms with van der Waals surface area (Å²) in [7, 11) is 1.76. The van der Waals surface area contributed by atoms with Gasteiger partial charge in [0.2, 0.25) is 0 Å². The van der Waals surface area contributed by atoms with E-state index in [1.54, 1.807) is 14.0 Å². The van der Waals surface area contributed by atoms with Crippen LogP contribution in [0.1, 0.15) is 86.5 Å². The summed E-state index contributed by atoms with van der Waals surface area (Å²) in [5.74, 6) is 1.81. The van der Waals surface area contributed by atoms with Gasteiger partial charge in [-0.3, -0.25) is 4.79 Å². The first-order valence-electron chi connectivity index (χ1n) is 13.0. The highest BCUT2D eigenvalue weighted by molar-refractivity contribution is 5.66. The Morgan fingerprint density at radius 1 is 1.03 bits per heavy atom. The summed E-state index contributed by atoms with van der Waals surface area (Å²) in [6, 6.07) is 0. The van der Waals surface area contributed by atoms with Crippen molar-refractivity contribution in [2.24, 2.45) is 45.3 Å². The summed E-state index contributed by atoms with van der Waals surface area (Å²) in [5.41, 5.74) is 2.14. The number of hydrogen-bond acceptors (Lipinski definition) is 4. The molecule has 3 saturated carbocycles. The highest BCUT2D eigenvalue weighted by Gasteiger charge is 2.70. The van der Waals surface area contributed by atoms with Crippen LogP contribution in [0.4, 0.5) is 0 Å². The Bertz CT molecular complexity index is 816. The molecular weight excluding hydrogens is 400 g/mol. The van der Waals surface area contributed by atoms with Gasteiger partial charge < -0.3 is 14.2 Å². The van der Waals surface area contributed by atoms with Gasteiger partial charge in [0.15, 0.2) is 6.29 Å². The molecule has 0 radical (unpaired) electrons. The minimum Gasteiger partial charge on any atom is -0.462 e. The van der Waals surface area contributed by atoms with Gasteiger partial charge in [-0.1, -0.05) is 47.1 Å². The van der Waals surface area contributed by atoms with Crippen molar-refractivity contribution in [3.05, 3.63) is 11.6 Å². The molecule has 0 amide bonds. The molecule has 4 fully saturated rings. The number of ether oxygens (including phenoxy) is 3. The lowest BCUT2D eigenvalue weighted by molar-refractivity contribution is -0.255. The van der Waals surface area contributed by atoms with Gasteiger partial charge in [-0.25, -0.2) is 0 Å². The van der Waals surface area contributed by atoms with Crippen LogP contribution >= 0.6 is 0 Å². The van der Waals surface area contributed by atoms with Gasteiger partial charge in [0.25, 0.3) is 0 Å². The monoisotopic (exact) mass is 444 g/mol. The van der Waals surface area contributed by atoms with E-state index < -0.39 is 0 Å². The lowest BCUT2D eigenvalue weighted by Crippen LogP contribution is -2.67. The largest absolute Gasteiger partial charge is 0.462 e. The van der Waals surface area contributed by atoms with Crippen molar-refractivity contribution in [1.82, 2.24) is 0 Å². The van der Waals surface area contributed by atoms with Crippen LogP contribution in [0.3, 0.4) is 0 Å². The van der Waals surface area contributed by atoms with Crippen molar-refractivity contribution >= 4 is 5.97 Å². The number of carbonyl (C=O) groups is 1. The minimum absolute atomic E-state index is 0.0864. The zero-order chi connectivity index (χ0) is 23.1. The van der Waals surface area contributed by atoms with Crippen LogP contribution < -0.4 is 0 Å². The van der Waals surface area contributed by atoms with Crippen LogP contribution in [0.15, 0.2) is 11.6 Å². The maximum atomic E-state index is 12.4. The molecule has 5 aliphatic rings. The molecule has 4 nitrogen and oxygen atoms in total. The first kappa shape index (κ1) is 22.9. The SMILES string of the molecule is COC1OCC2=CCC3C4(C)CCC5C(C)(C)CCCC5(C)C4CC(OC(C)=O)C3(C)C21. The quantitative estimate of drug-likeness (QED) is 0.379. The number of carbonyl (C=O) groups excluding carboxylic acids is 1. The second-order valence-corrected chi connectivity index (χ2v) is 13.2. The summed E-state index contributed by atoms with van der Waals surface area (Å²) in [5, 5.41) is 0. The van der Waals surface area contributed by atoms with E-state index in [1.165, 1.54) is 37.7 Å². The molecule has 9 unspecified atom stereocenters. The molecule has 0 N–H and O–H groups in total. The van der Waals surface area contributed by atoms with Gasteiger partial charge in [0, 0.05) is 25.4 Å². The first-order valence-corrected chi connectivity index (χ1v) is 13.0. The molecule has 4 heteroatoms. The maximum Gasteiger partial charge on any atom is 0.302 e. The average molecular weight is 445 g/mol. The number of methoxy groups -OCH3 is 1. The van der Waals surface area contributed by atoms with Crippen molar-refractivity contribution in [3.63, 3.8) is 0 Å². The van der Waals surface area contributed by atoms with E-state index in [1.807, 2.05) is 0 Å². The summed E-state index contributed by atoms with van der Waals surface area (Å²) < 4.78 is 18.2. The maximum absolute atomic E-state index is 12.4. The topological polar surface area (TPSA) is 44.8 Å². The third-order valence-electron chi connectivity index (χ3n) is 11.4. The number of allylic oxidation sites excluding steroid dienone is 1. The van der Waals surface area contributed by atoms with Crippen LogP contribution in [0.25, 0.3) is 0 Å². The predicted octanol–water partition coefficient (Wildman–Crippen LogP) is 6.14. The lowest BCUT2D eigenvalue weighted by atomic mass is 9.34. The fraction of sp³-hybridized carbons (Fsp3) is 0.893. The van der Waals surface area contributed by atoms with Crippen LogP contribution in [-0.2, 0) is 19.0 Å². The molecule has 5 rings (SSSR count). The van der Waals surface area contributed by atoms with Gasteiger partial charge in [-0.05, 0) is 78.1 Å². The number of rotatable bonds is 2.